The number of hydrogen-bond donors (Lipinski definition) is 0. The molecule has 2 fully saturated rings. The van der Waals surface area contributed by atoms with E-state index in [4.69, 9.17) is 0 Å². The van der Waals surface area contributed by atoms with Crippen molar-refractivity contribution in [3.8, 4) is 6.07 Å². The summed E-state index contributed by atoms with van der Waals surface area (Å²) in [6, 6.07) is 8.00. The molecule has 1 aliphatic carbocycles. The quantitative estimate of drug-likeness (QED) is 0.860. The van der Waals surface area contributed by atoms with E-state index in [2.05, 4.69) is 17.9 Å². The zero-order valence-electron chi connectivity index (χ0n) is 12.7. The van der Waals surface area contributed by atoms with E-state index in [1.807, 2.05) is 4.90 Å². The number of nitrogens with zero attached hydrogens (tertiary/aromatic N) is 3. The average Bonchev–Trinajstić information content (AvgIpc) is 3.27. The van der Waals surface area contributed by atoms with Crippen molar-refractivity contribution in [3.05, 3.63) is 35.6 Å². The molecule has 1 aromatic carbocycles. The summed E-state index contributed by atoms with van der Waals surface area (Å²) in [7, 11) is 0. The SMILES string of the molecule is C[C@@H]1C[C@@H]1C(=O)N1CCN([C@H](C#N)c2ccc(F)cc2)CC1. The van der Waals surface area contributed by atoms with Gasteiger partial charge in [-0.3, -0.25) is 9.69 Å². The third-order valence-electron chi connectivity index (χ3n) is 4.73. The minimum Gasteiger partial charge on any atom is -0.340 e. The first-order chi connectivity index (χ1) is 10.6. The fourth-order valence-corrected chi connectivity index (χ4v) is 3.11. The Hall–Kier alpha value is -1.93. The molecule has 5 heteroatoms. The summed E-state index contributed by atoms with van der Waals surface area (Å²) in [4.78, 5) is 16.2. The second-order valence-corrected chi connectivity index (χ2v) is 6.26. The first kappa shape index (κ1) is 15.0. The topological polar surface area (TPSA) is 47.3 Å². The monoisotopic (exact) mass is 301 g/mol. The van der Waals surface area contributed by atoms with E-state index >= 15 is 0 Å². The lowest BCUT2D eigenvalue weighted by atomic mass is 10.1. The van der Waals surface area contributed by atoms with Gasteiger partial charge in [-0.1, -0.05) is 19.1 Å². The van der Waals surface area contributed by atoms with Crippen LogP contribution in [0.2, 0.25) is 0 Å². The normalized spacial score (nSPS) is 26.3. The summed E-state index contributed by atoms with van der Waals surface area (Å²) in [5.74, 6) is 0.712. The molecule has 0 unspecified atom stereocenters. The summed E-state index contributed by atoms with van der Waals surface area (Å²) in [6.07, 6.45) is 1.01. The van der Waals surface area contributed by atoms with Gasteiger partial charge in [-0.05, 0) is 30.0 Å². The number of hydrogen-bond acceptors (Lipinski definition) is 3. The van der Waals surface area contributed by atoms with E-state index in [1.165, 1.54) is 12.1 Å². The van der Waals surface area contributed by atoms with E-state index in [0.717, 1.165) is 12.0 Å². The molecule has 1 aromatic rings. The van der Waals surface area contributed by atoms with E-state index in [1.54, 1.807) is 12.1 Å². The lowest BCUT2D eigenvalue weighted by Crippen LogP contribution is -2.50. The molecule has 3 rings (SSSR count). The van der Waals surface area contributed by atoms with Crippen molar-refractivity contribution in [1.29, 1.82) is 5.26 Å². The second-order valence-electron chi connectivity index (χ2n) is 6.26. The highest BCUT2D eigenvalue weighted by Crippen LogP contribution is 2.39. The van der Waals surface area contributed by atoms with Crippen molar-refractivity contribution >= 4 is 5.91 Å². The number of amides is 1. The van der Waals surface area contributed by atoms with Crippen LogP contribution in [0.5, 0.6) is 0 Å². The lowest BCUT2D eigenvalue weighted by molar-refractivity contribution is -0.134. The molecule has 0 radical (unpaired) electrons. The molecule has 0 bridgehead atoms. The summed E-state index contributed by atoms with van der Waals surface area (Å²) in [5, 5.41) is 9.44. The van der Waals surface area contributed by atoms with E-state index in [-0.39, 0.29) is 23.7 Å². The standard InChI is InChI=1S/C17H20FN3O/c1-12-10-15(12)17(22)21-8-6-20(7-9-21)16(11-19)13-2-4-14(18)5-3-13/h2-5,12,15-16H,6-10H2,1H3/t12-,15+,16-/m1/s1. The number of halogens is 1. The van der Waals surface area contributed by atoms with Crippen molar-refractivity contribution in [3.63, 3.8) is 0 Å². The van der Waals surface area contributed by atoms with Gasteiger partial charge in [0.1, 0.15) is 11.9 Å². The molecule has 2 aliphatic rings. The smallest absolute Gasteiger partial charge is 0.226 e. The molecule has 22 heavy (non-hydrogen) atoms. The number of benzene rings is 1. The van der Waals surface area contributed by atoms with Crippen LogP contribution in [-0.4, -0.2) is 41.9 Å². The predicted molar refractivity (Wildman–Crippen MR) is 80.2 cm³/mol. The maximum atomic E-state index is 13.0. The first-order valence-corrected chi connectivity index (χ1v) is 7.78. The van der Waals surface area contributed by atoms with Gasteiger partial charge >= 0.3 is 0 Å². The Balaban J connectivity index is 1.61. The summed E-state index contributed by atoms with van der Waals surface area (Å²) >= 11 is 0. The van der Waals surface area contributed by atoms with Gasteiger partial charge in [0, 0.05) is 32.1 Å². The Morgan fingerprint density at radius 2 is 1.86 bits per heavy atom. The van der Waals surface area contributed by atoms with Gasteiger partial charge in [0.05, 0.1) is 6.07 Å². The van der Waals surface area contributed by atoms with Crippen LogP contribution in [0.15, 0.2) is 24.3 Å². The zero-order chi connectivity index (χ0) is 15.7. The van der Waals surface area contributed by atoms with Crippen molar-refractivity contribution < 1.29 is 9.18 Å². The van der Waals surface area contributed by atoms with E-state index in [0.29, 0.717) is 32.1 Å². The van der Waals surface area contributed by atoms with Gasteiger partial charge in [-0.15, -0.1) is 0 Å². The van der Waals surface area contributed by atoms with Crippen LogP contribution in [0.3, 0.4) is 0 Å². The molecule has 4 nitrogen and oxygen atoms in total. The number of carbonyl (C=O) groups excluding carboxylic acids is 1. The maximum absolute atomic E-state index is 13.0. The Kier molecular flexibility index (Phi) is 4.12. The van der Waals surface area contributed by atoms with Gasteiger partial charge in [0.2, 0.25) is 5.91 Å². The summed E-state index contributed by atoms with van der Waals surface area (Å²) in [6.45, 7) is 4.81. The Morgan fingerprint density at radius 3 is 2.36 bits per heavy atom. The highest BCUT2D eigenvalue weighted by molar-refractivity contribution is 5.81. The predicted octanol–water partition coefficient (Wildman–Crippen LogP) is 2.19. The molecular weight excluding hydrogens is 281 g/mol. The molecular formula is C17H20FN3O. The Morgan fingerprint density at radius 1 is 1.27 bits per heavy atom. The lowest BCUT2D eigenvalue weighted by Gasteiger charge is -2.37. The molecule has 1 saturated heterocycles. The molecule has 1 amide bonds. The van der Waals surface area contributed by atoms with Crippen LogP contribution < -0.4 is 0 Å². The average molecular weight is 301 g/mol. The van der Waals surface area contributed by atoms with Gasteiger partial charge in [0.25, 0.3) is 0 Å². The van der Waals surface area contributed by atoms with Crippen molar-refractivity contribution in [2.45, 2.75) is 19.4 Å². The molecule has 1 aliphatic heterocycles. The number of nitriles is 1. The Labute approximate surface area is 130 Å². The molecule has 0 N–H and O–H groups in total. The number of rotatable bonds is 3. The van der Waals surface area contributed by atoms with Gasteiger partial charge in [0.15, 0.2) is 0 Å². The third-order valence-corrected chi connectivity index (χ3v) is 4.73. The number of carbonyl (C=O) groups is 1. The van der Waals surface area contributed by atoms with Crippen LogP contribution in [0.4, 0.5) is 4.39 Å². The number of piperazine rings is 1. The van der Waals surface area contributed by atoms with E-state index < -0.39 is 0 Å². The van der Waals surface area contributed by atoms with Crippen molar-refractivity contribution in [2.75, 3.05) is 26.2 Å². The van der Waals surface area contributed by atoms with Crippen LogP contribution in [-0.2, 0) is 4.79 Å². The highest BCUT2D eigenvalue weighted by atomic mass is 19.1. The largest absolute Gasteiger partial charge is 0.340 e. The van der Waals surface area contributed by atoms with Crippen molar-refractivity contribution in [1.82, 2.24) is 9.80 Å². The molecule has 0 spiro atoms. The molecule has 0 aromatic heterocycles. The molecule has 1 heterocycles. The second kappa shape index (κ2) is 6.05. The highest BCUT2D eigenvalue weighted by Gasteiger charge is 2.42. The zero-order valence-corrected chi connectivity index (χ0v) is 12.7. The summed E-state index contributed by atoms with van der Waals surface area (Å²) in [5.41, 5.74) is 0.805. The van der Waals surface area contributed by atoms with Gasteiger partial charge < -0.3 is 4.90 Å². The van der Waals surface area contributed by atoms with Crippen LogP contribution in [0.1, 0.15) is 24.9 Å². The molecule has 116 valence electrons. The minimum absolute atomic E-state index is 0.218. The van der Waals surface area contributed by atoms with Crippen LogP contribution in [0.25, 0.3) is 0 Å². The minimum atomic E-state index is -0.377. The maximum Gasteiger partial charge on any atom is 0.226 e. The van der Waals surface area contributed by atoms with Gasteiger partial charge in [-0.25, -0.2) is 4.39 Å². The van der Waals surface area contributed by atoms with Crippen LogP contribution >= 0.6 is 0 Å². The fraction of sp³-hybridized carbons (Fsp3) is 0.529. The first-order valence-electron chi connectivity index (χ1n) is 7.78. The van der Waals surface area contributed by atoms with Crippen molar-refractivity contribution in [2.24, 2.45) is 11.8 Å². The Bertz CT molecular complexity index is 587. The summed E-state index contributed by atoms with van der Waals surface area (Å²) < 4.78 is 13.0. The fourth-order valence-electron chi connectivity index (χ4n) is 3.11. The third kappa shape index (κ3) is 2.97. The van der Waals surface area contributed by atoms with Crippen LogP contribution in [0, 0.1) is 29.0 Å². The van der Waals surface area contributed by atoms with E-state index in [9.17, 15) is 14.4 Å². The molecule has 3 atom stereocenters. The van der Waals surface area contributed by atoms with Gasteiger partial charge in [-0.2, -0.15) is 5.26 Å². The molecule has 1 saturated carbocycles.